The van der Waals surface area contributed by atoms with E-state index in [9.17, 15) is 4.79 Å². The van der Waals surface area contributed by atoms with Crippen LogP contribution in [0.5, 0.6) is 0 Å². The van der Waals surface area contributed by atoms with E-state index in [2.05, 4.69) is 29.1 Å². The normalized spacial score (nSPS) is 18.3. The van der Waals surface area contributed by atoms with Crippen LogP contribution in [0.1, 0.15) is 32.4 Å². The van der Waals surface area contributed by atoms with Gasteiger partial charge < -0.3 is 15.8 Å². The summed E-state index contributed by atoms with van der Waals surface area (Å²) in [5.74, 6) is 1.28. The molecule has 1 fully saturated rings. The van der Waals surface area contributed by atoms with Crippen LogP contribution in [0.15, 0.2) is 36.5 Å². The van der Waals surface area contributed by atoms with Crippen molar-refractivity contribution in [2.45, 2.75) is 32.9 Å². The van der Waals surface area contributed by atoms with Gasteiger partial charge in [0.2, 0.25) is 5.95 Å². The van der Waals surface area contributed by atoms with Crippen LogP contribution in [-0.2, 0) is 4.74 Å². The summed E-state index contributed by atoms with van der Waals surface area (Å²) in [6.45, 7) is 6.51. The molecule has 7 heteroatoms. The maximum Gasteiger partial charge on any atom is 0.415 e. The van der Waals surface area contributed by atoms with E-state index in [1.165, 1.54) is 0 Å². The van der Waals surface area contributed by atoms with E-state index >= 15 is 0 Å². The zero-order valence-electron chi connectivity index (χ0n) is 14.6. The summed E-state index contributed by atoms with van der Waals surface area (Å²) in [7, 11) is 0. The average molecular weight is 341 g/mol. The number of anilines is 3. The molecule has 0 bridgehead atoms. The molecular weight excluding hydrogens is 318 g/mol. The van der Waals surface area contributed by atoms with Gasteiger partial charge in [-0.05, 0) is 36.6 Å². The van der Waals surface area contributed by atoms with Crippen molar-refractivity contribution in [1.29, 1.82) is 0 Å². The highest BCUT2D eigenvalue weighted by Crippen LogP contribution is 2.26. The number of hydrogen-bond acceptors (Lipinski definition) is 6. The fraction of sp³-hybridized carbons (Fsp3) is 0.389. The second-order valence-electron chi connectivity index (χ2n) is 6.53. The molecule has 7 nitrogen and oxygen atoms in total. The second-order valence-corrected chi connectivity index (χ2v) is 6.53. The number of carbonyl (C=O) groups is 1. The summed E-state index contributed by atoms with van der Waals surface area (Å²) in [6.07, 6.45) is 1.28. The summed E-state index contributed by atoms with van der Waals surface area (Å²) < 4.78 is 5.19. The Balaban J connectivity index is 1.79. The van der Waals surface area contributed by atoms with Crippen LogP contribution in [0, 0.1) is 5.92 Å². The molecule has 1 aromatic carbocycles. The summed E-state index contributed by atoms with van der Waals surface area (Å²) in [6, 6.07) is 9.34. The van der Waals surface area contributed by atoms with E-state index in [1.807, 2.05) is 31.2 Å². The van der Waals surface area contributed by atoms with Gasteiger partial charge in [-0.2, -0.15) is 4.98 Å². The van der Waals surface area contributed by atoms with Crippen molar-refractivity contribution in [2.24, 2.45) is 5.92 Å². The number of nitrogens with one attached hydrogen (secondary N) is 1. The van der Waals surface area contributed by atoms with Crippen molar-refractivity contribution in [3.05, 3.63) is 42.1 Å². The van der Waals surface area contributed by atoms with Crippen LogP contribution in [0.25, 0.3) is 0 Å². The molecule has 1 aromatic heterocycles. The van der Waals surface area contributed by atoms with Crippen molar-refractivity contribution in [2.75, 3.05) is 22.6 Å². The van der Waals surface area contributed by atoms with E-state index in [0.29, 0.717) is 18.4 Å². The molecule has 0 saturated carbocycles. The standard InChI is InChI=1S/C18H23N5O2/c1-11(2)15-10-25-18(24)23(15)16-8-9-20-17(22-16)21-12(3)13-4-6-14(19)7-5-13/h4-9,11-12,15H,10,19H2,1-3H3,(H,20,21,22)/t12-,15+/m0/s1. The third-order valence-electron chi connectivity index (χ3n) is 4.35. The molecule has 3 rings (SSSR count). The minimum atomic E-state index is -0.366. The molecule has 0 unspecified atom stereocenters. The Bertz CT molecular complexity index is 747. The number of hydrogen-bond donors (Lipinski definition) is 2. The lowest BCUT2D eigenvalue weighted by Crippen LogP contribution is -2.37. The van der Waals surface area contributed by atoms with Crippen LogP contribution in [0.4, 0.5) is 22.2 Å². The van der Waals surface area contributed by atoms with Gasteiger partial charge in [0.05, 0.1) is 12.1 Å². The molecule has 1 aliphatic rings. The monoisotopic (exact) mass is 341 g/mol. The van der Waals surface area contributed by atoms with E-state index in [-0.39, 0.29) is 24.1 Å². The molecule has 25 heavy (non-hydrogen) atoms. The van der Waals surface area contributed by atoms with Crippen LogP contribution >= 0.6 is 0 Å². The maximum atomic E-state index is 12.1. The molecule has 2 atom stereocenters. The topological polar surface area (TPSA) is 93.4 Å². The van der Waals surface area contributed by atoms with Gasteiger partial charge in [-0.15, -0.1) is 0 Å². The Hall–Kier alpha value is -2.83. The first-order chi connectivity index (χ1) is 12.0. The minimum absolute atomic E-state index is 0.00211. The minimum Gasteiger partial charge on any atom is -0.447 e. The summed E-state index contributed by atoms with van der Waals surface area (Å²) >= 11 is 0. The Labute approximate surface area is 147 Å². The Morgan fingerprint density at radius 1 is 1.24 bits per heavy atom. The number of benzene rings is 1. The first-order valence-corrected chi connectivity index (χ1v) is 8.36. The van der Waals surface area contributed by atoms with Crippen molar-refractivity contribution in [3.8, 4) is 0 Å². The second kappa shape index (κ2) is 6.96. The highest BCUT2D eigenvalue weighted by atomic mass is 16.6. The highest BCUT2D eigenvalue weighted by molar-refractivity contribution is 5.89. The number of ether oxygens (including phenoxy) is 1. The van der Waals surface area contributed by atoms with Gasteiger partial charge in [0.1, 0.15) is 12.4 Å². The van der Waals surface area contributed by atoms with Gasteiger partial charge >= 0.3 is 6.09 Å². The SMILES string of the molecule is CC(C)[C@H]1COC(=O)N1c1ccnc(N[C@@H](C)c2ccc(N)cc2)n1. The predicted molar refractivity (Wildman–Crippen MR) is 97.4 cm³/mol. The average Bonchev–Trinajstić information content (AvgIpc) is 2.97. The van der Waals surface area contributed by atoms with Crippen LogP contribution in [0.2, 0.25) is 0 Å². The number of carbonyl (C=O) groups excluding carboxylic acids is 1. The third-order valence-corrected chi connectivity index (χ3v) is 4.35. The largest absolute Gasteiger partial charge is 0.447 e. The molecule has 3 N–H and O–H groups in total. The molecule has 0 aliphatic carbocycles. The Morgan fingerprint density at radius 3 is 2.64 bits per heavy atom. The van der Waals surface area contributed by atoms with E-state index < -0.39 is 0 Å². The Morgan fingerprint density at radius 2 is 1.96 bits per heavy atom. The van der Waals surface area contributed by atoms with Gasteiger partial charge in [-0.3, -0.25) is 4.90 Å². The molecule has 1 saturated heterocycles. The van der Waals surface area contributed by atoms with Crippen LogP contribution in [-0.4, -0.2) is 28.7 Å². The Kier molecular flexibility index (Phi) is 4.74. The molecule has 132 valence electrons. The lowest BCUT2D eigenvalue weighted by molar-refractivity contribution is 0.177. The lowest BCUT2D eigenvalue weighted by Gasteiger charge is -2.23. The fourth-order valence-electron chi connectivity index (χ4n) is 2.80. The van der Waals surface area contributed by atoms with Crippen molar-refractivity contribution in [3.63, 3.8) is 0 Å². The highest BCUT2D eigenvalue weighted by Gasteiger charge is 2.37. The van der Waals surface area contributed by atoms with Gasteiger partial charge in [-0.25, -0.2) is 9.78 Å². The number of nitrogens with zero attached hydrogens (tertiary/aromatic N) is 3. The number of nitrogen functional groups attached to an aromatic ring is 1. The summed E-state index contributed by atoms with van der Waals surface area (Å²) in [5.41, 5.74) is 7.52. The molecule has 1 aliphatic heterocycles. The first kappa shape index (κ1) is 17.0. The lowest BCUT2D eigenvalue weighted by atomic mass is 10.0. The molecule has 0 radical (unpaired) electrons. The van der Waals surface area contributed by atoms with E-state index in [4.69, 9.17) is 10.5 Å². The molecule has 2 heterocycles. The smallest absolute Gasteiger partial charge is 0.415 e. The van der Waals surface area contributed by atoms with Crippen molar-refractivity contribution in [1.82, 2.24) is 9.97 Å². The quantitative estimate of drug-likeness (QED) is 0.811. The number of amides is 1. The predicted octanol–water partition coefficient (Wildman–Crippen LogP) is 3.21. The van der Waals surface area contributed by atoms with E-state index in [1.54, 1.807) is 17.2 Å². The number of nitrogens with two attached hydrogens (primary N) is 1. The van der Waals surface area contributed by atoms with Crippen LogP contribution < -0.4 is 16.0 Å². The van der Waals surface area contributed by atoms with Crippen LogP contribution in [0.3, 0.4) is 0 Å². The molecule has 2 aromatic rings. The van der Waals surface area contributed by atoms with E-state index in [0.717, 1.165) is 11.3 Å². The first-order valence-electron chi connectivity index (χ1n) is 8.36. The number of aromatic nitrogens is 2. The van der Waals surface area contributed by atoms with Gasteiger partial charge in [0.25, 0.3) is 0 Å². The van der Waals surface area contributed by atoms with Gasteiger partial charge in [0, 0.05) is 11.9 Å². The third kappa shape index (κ3) is 3.65. The maximum absolute atomic E-state index is 12.1. The van der Waals surface area contributed by atoms with Gasteiger partial charge in [0.15, 0.2) is 0 Å². The molecular formula is C18H23N5O2. The zero-order chi connectivity index (χ0) is 18.0. The van der Waals surface area contributed by atoms with Crippen molar-refractivity contribution >= 4 is 23.5 Å². The summed E-state index contributed by atoms with van der Waals surface area (Å²) in [5, 5.41) is 3.26. The number of cyclic esters (lactones) is 1. The molecule has 0 spiro atoms. The van der Waals surface area contributed by atoms with Crippen molar-refractivity contribution < 1.29 is 9.53 Å². The number of rotatable bonds is 5. The fourth-order valence-corrected chi connectivity index (χ4v) is 2.80. The zero-order valence-corrected chi connectivity index (χ0v) is 14.6. The van der Waals surface area contributed by atoms with Gasteiger partial charge in [-0.1, -0.05) is 26.0 Å². The summed E-state index contributed by atoms with van der Waals surface area (Å²) in [4.78, 5) is 22.5. The molecule has 1 amide bonds.